The summed E-state index contributed by atoms with van der Waals surface area (Å²) in [4.78, 5) is 19.0. The number of carbonyl (C=O) groups excluding carboxylic acids is 1. The number of nitrogens with zero attached hydrogens (tertiary/aromatic N) is 4. The molecule has 0 bridgehead atoms. The number of carbonyl (C=O) groups is 1. The summed E-state index contributed by atoms with van der Waals surface area (Å²) in [6, 6.07) is 3.24. The van der Waals surface area contributed by atoms with Crippen LogP contribution in [0.5, 0.6) is 0 Å². The zero-order valence-corrected chi connectivity index (χ0v) is 17.6. The summed E-state index contributed by atoms with van der Waals surface area (Å²) in [7, 11) is -2.18. The number of likely N-dealkylation sites (N-methyl/N-ethyl adjacent to an activating group) is 1. The molecule has 1 aliphatic heterocycles. The van der Waals surface area contributed by atoms with Crippen LogP contribution in [0.2, 0.25) is 0 Å². The molecular weight excluding hydrogens is 400 g/mol. The lowest BCUT2D eigenvalue weighted by Crippen LogP contribution is -2.47. The van der Waals surface area contributed by atoms with Crippen LogP contribution in [-0.4, -0.2) is 60.4 Å². The molecule has 1 aliphatic carbocycles. The molecule has 10 heteroatoms. The van der Waals surface area contributed by atoms with Gasteiger partial charge in [0, 0.05) is 31.5 Å². The summed E-state index contributed by atoms with van der Waals surface area (Å²) in [6.45, 7) is 3.04. The van der Waals surface area contributed by atoms with E-state index in [2.05, 4.69) is 17.1 Å². The molecule has 1 saturated heterocycles. The first-order valence-electron chi connectivity index (χ1n) is 9.41. The van der Waals surface area contributed by atoms with Crippen LogP contribution in [0.3, 0.4) is 0 Å². The predicted molar refractivity (Wildman–Crippen MR) is 104 cm³/mol. The number of rotatable bonds is 6. The van der Waals surface area contributed by atoms with Crippen molar-refractivity contribution in [3.05, 3.63) is 29.2 Å². The fourth-order valence-corrected chi connectivity index (χ4v) is 5.71. The molecule has 8 nitrogen and oxygen atoms in total. The van der Waals surface area contributed by atoms with Crippen LogP contribution >= 0.6 is 11.3 Å². The Morgan fingerprint density at radius 2 is 2.11 bits per heavy atom. The standard InChI is InChI=1S/C18H24N4O4S2/c1-18(17-19-16(26-20-17)13-5-6-13)7-9-22(10-8-18)14(23)12-21(2)28(24,25)15-4-3-11-27-15/h3-4,11,13H,5-10,12H2,1-2H3. The van der Waals surface area contributed by atoms with Gasteiger partial charge in [-0.05, 0) is 37.1 Å². The maximum atomic E-state index is 12.6. The molecule has 1 amide bonds. The minimum Gasteiger partial charge on any atom is -0.341 e. The van der Waals surface area contributed by atoms with E-state index >= 15 is 0 Å². The van der Waals surface area contributed by atoms with Gasteiger partial charge in [0.1, 0.15) is 4.21 Å². The largest absolute Gasteiger partial charge is 0.341 e. The van der Waals surface area contributed by atoms with E-state index in [1.54, 1.807) is 22.4 Å². The fraction of sp³-hybridized carbons (Fsp3) is 0.611. The van der Waals surface area contributed by atoms with Crippen molar-refractivity contribution in [1.29, 1.82) is 0 Å². The van der Waals surface area contributed by atoms with Crippen LogP contribution in [0, 0.1) is 0 Å². The van der Waals surface area contributed by atoms with E-state index < -0.39 is 10.0 Å². The zero-order chi connectivity index (χ0) is 19.9. The van der Waals surface area contributed by atoms with Gasteiger partial charge in [0.25, 0.3) is 10.0 Å². The van der Waals surface area contributed by atoms with Crippen molar-refractivity contribution in [3.63, 3.8) is 0 Å². The minimum atomic E-state index is -3.62. The van der Waals surface area contributed by atoms with Crippen LogP contribution in [0.4, 0.5) is 0 Å². The highest BCUT2D eigenvalue weighted by molar-refractivity contribution is 7.91. The van der Waals surface area contributed by atoms with E-state index in [1.165, 1.54) is 7.05 Å². The second-order valence-electron chi connectivity index (χ2n) is 7.87. The van der Waals surface area contributed by atoms with Gasteiger partial charge in [-0.2, -0.15) is 9.29 Å². The lowest BCUT2D eigenvalue weighted by atomic mass is 9.79. The molecule has 2 aromatic heterocycles. The Balaban J connectivity index is 1.35. The summed E-state index contributed by atoms with van der Waals surface area (Å²) in [5.74, 6) is 1.69. The Morgan fingerprint density at radius 1 is 1.39 bits per heavy atom. The molecule has 0 atom stereocenters. The van der Waals surface area contributed by atoms with Crippen LogP contribution < -0.4 is 0 Å². The number of likely N-dealkylation sites (tertiary alicyclic amines) is 1. The van der Waals surface area contributed by atoms with Crippen molar-refractivity contribution in [2.45, 2.75) is 48.1 Å². The van der Waals surface area contributed by atoms with Gasteiger partial charge < -0.3 is 9.42 Å². The van der Waals surface area contributed by atoms with Gasteiger partial charge in [0.15, 0.2) is 5.82 Å². The number of thiophene rings is 1. The summed E-state index contributed by atoms with van der Waals surface area (Å²) in [6.07, 6.45) is 3.68. The third-order valence-corrected chi connectivity index (χ3v) is 8.82. The highest BCUT2D eigenvalue weighted by atomic mass is 32.2. The van der Waals surface area contributed by atoms with Gasteiger partial charge in [-0.25, -0.2) is 8.42 Å². The van der Waals surface area contributed by atoms with E-state index in [0.29, 0.717) is 19.0 Å². The fourth-order valence-electron chi connectivity index (χ4n) is 3.39. The topological polar surface area (TPSA) is 96.6 Å². The van der Waals surface area contributed by atoms with Gasteiger partial charge in [0.05, 0.1) is 6.54 Å². The summed E-state index contributed by atoms with van der Waals surface area (Å²) < 4.78 is 31.8. The lowest BCUT2D eigenvalue weighted by molar-refractivity contribution is -0.132. The summed E-state index contributed by atoms with van der Waals surface area (Å²) >= 11 is 1.15. The molecule has 0 N–H and O–H groups in total. The Morgan fingerprint density at radius 3 is 2.71 bits per heavy atom. The molecular formula is C18H24N4O4S2. The second-order valence-corrected chi connectivity index (χ2v) is 11.1. The maximum Gasteiger partial charge on any atom is 0.252 e. The Labute approximate surface area is 168 Å². The van der Waals surface area contributed by atoms with Gasteiger partial charge in [0.2, 0.25) is 11.8 Å². The van der Waals surface area contributed by atoms with Crippen LogP contribution in [0.1, 0.15) is 50.2 Å². The first-order chi connectivity index (χ1) is 13.3. The van der Waals surface area contributed by atoms with Crippen molar-refractivity contribution < 1.29 is 17.7 Å². The minimum absolute atomic E-state index is 0.162. The smallest absolute Gasteiger partial charge is 0.252 e. The highest BCUT2D eigenvalue weighted by Crippen LogP contribution is 2.41. The first-order valence-corrected chi connectivity index (χ1v) is 11.7. The third kappa shape index (κ3) is 3.72. The molecule has 0 aromatic carbocycles. The normalized spacial score (nSPS) is 19.9. The van der Waals surface area contributed by atoms with Crippen molar-refractivity contribution >= 4 is 27.3 Å². The maximum absolute atomic E-state index is 12.6. The van der Waals surface area contributed by atoms with Crippen LogP contribution in [0.25, 0.3) is 0 Å². The number of amides is 1. The molecule has 2 aliphatic rings. The molecule has 28 heavy (non-hydrogen) atoms. The van der Waals surface area contributed by atoms with Gasteiger partial charge in [-0.3, -0.25) is 4.79 Å². The monoisotopic (exact) mass is 424 g/mol. The number of hydrogen-bond acceptors (Lipinski definition) is 7. The Hall–Kier alpha value is -1.78. The molecule has 3 heterocycles. The quantitative estimate of drug-likeness (QED) is 0.705. The SMILES string of the molecule is CN(CC(=O)N1CCC(C)(c2noc(C3CC3)n2)CC1)S(=O)(=O)c1cccs1. The summed E-state index contributed by atoms with van der Waals surface area (Å²) in [5, 5.41) is 5.88. The Bertz CT molecular complexity index is 942. The average Bonchev–Trinajstić information content (AvgIpc) is 3.16. The van der Waals surface area contributed by atoms with Crippen molar-refractivity contribution in [1.82, 2.24) is 19.3 Å². The van der Waals surface area contributed by atoms with Gasteiger partial charge >= 0.3 is 0 Å². The molecule has 152 valence electrons. The number of hydrogen-bond donors (Lipinski definition) is 0. The summed E-state index contributed by atoms with van der Waals surface area (Å²) in [5.41, 5.74) is -0.220. The second kappa shape index (κ2) is 7.23. The van der Waals surface area contributed by atoms with E-state index in [1.807, 2.05) is 0 Å². The van der Waals surface area contributed by atoms with E-state index in [9.17, 15) is 13.2 Å². The number of piperidine rings is 1. The lowest BCUT2D eigenvalue weighted by Gasteiger charge is -2.37. The molecule has 4 rings (SSSR count). The van der Waals surface area contributed by atoms with E-state index in [0.717, 1.165) is 53.0 Å². The van der Waals surface area contributed by atoms with Gasteiger partial charge in [-0.15, -0.1) is 11.3 Å². The van der Waals surface area contributed by atoms with Crippen molar-refractivity contribution in [2.75, 3.05) is 26.7 Å². The Kier molecular flexibility index (Phi) is 5.05. The van der Waals surface area contributed by atoms with Crippen LogP contribution in [-0.2, 0) is 20.2 Å². The number of sulfonamides is 1. The molecule has 0 unspecified atom stereocenters. The predicted octanol–water partition coefficient (Wildman–Crippen LogP) is 2.21. The van der Waals surface area contributed by atoms with Crippen molar-refractivity contribution in [2.24, 2.45) is 0 Å². The third-order valence-electron chi connectivity index (χ3n) is 5.65. The van der Waals surface area contributed by atoms with E-state index in [4.69, 9.17) is 4.52 Å². The molecule has 1 saturated carbocycles. The highest BCUT2D eigenvalue weighted by Gasteiger charge is 2.39. The molecule has 0 radical (unpaired) electrons. The average molecular weight is 425 g/mol. The van der Waals surface area contributed by atoms with Gasteiger partial charge in [-0.1, -0.05) is 18.1 Å². The molecule has 2 fully saturated rings. The van der Waals surface area contributed by atoms with Crippen LogP contribution in [0.15, 0.2) is 26.2 Å². The number of aromatic nitrogens is 2. The zero-order valence-electron chi connectivity index (χ0n) is 16.0. The molecule has 2 aromatic rings. The first kappa shape index (κ1) is 19.5. The van der Waals surface area contributed by atoms with Crippen molar-refractivity contribution in [3.8, 4) is 0 Å². The van der Waals surface area contributed by atoms with E-state index in [-0.39, 0.29) is 22.1 Å². The molecule has 0 spiro atoms.